The third kappa shape index (κ3) is 3.92. The van der Waals surface area contributed by atoms with Crippen molar-refractivity contribution in [1.82, 2.24) is 15.1 Å². The number of nitrogens with zero attached hydrogens (tertiary/aromatic N) is 2. The highest BCUT2D eigenvalue weighted by atomic mass is 16.2. The molecule has 2 heterocycles. The lowest BCUT2D eigenvalue weighted by Gasteiger charge is -2.54. The largest absolute Gasteiger partial charge is 0.349 e. The third-order valence-corrected chi connectivity index (χ3v) is 6.23. The summed E-state index contributed by atoms with van der Waals surface area (Å²) in [5, 5.41) is 3.15. The van der Waals surface area contributed by atoms with Crippen LogP contribution < -0.4 is 5.32 Å². The van der Waals surface area contributed by atoms with Gasteiger partial charge in [0, 0.05) is 24.7 Å². The molecule has 1 N–H and O–H groups in total. The Morgan fingerprint density at radius 2 is 1.59 bits per heavy atom. The monoisotopic (exact) mass is 391 g/mol. The molecule has 4 rings (SSSR count). The predicted octanol–water partition coefficient (Wildman–Crippen LogP) is 3.45. The fourth-order valence-electron chi connectivity index (χ4n) is 4.60. The van der Waals surface area contributed by atoms with E-state index >= 15 is 0 Å². The van der Waals surface area contributed by atoms with E-state index in [4.69, 9.17) is 0 Å². The fourth-order valence-corrected chi connectivity index (χ4v) is 4.60. The number of amides is 2. The molecule has 2 fully saturated rings. The lowest BCUT2D eigenvalue weighted by molar-refractivity contribution is -0.174. The number of carbonyl (C=O) groups is 2. The van der Waals surface area contributed by atoms with E-state index in [1.807, 2.05) is 67.3 Å². The maximum atomic E-state index is 12.7. The van der Waals surface area contributed by atoms with Crippen LogP contribution in [0.1, 0.15) is 48.7 Å². The molecular formula is C24H29N3O2. The van der Waals surface area contributed by atoms with Crippen molar-refractivity contribution in [1.29, 1.82) is 0 Å². The minimum Gasteiger partial charge on any atom is -0.349 e. The van der Waals surface area contributed by atoms with Crippen molar-refractivity contribution in [3.63, 3.8) is 0 Å². The Balaban J connectivity index is 1.32. The first-order valence-corrected chi connectivity index (χ1v) is 10.4. The number of hydrogen-bond donors (Lipinski definition) is 1. The summed E-state index contributed by atoms with van der Waals surface area (Å²) in [4.78, 5) is 29.4. The molecule has 2 aromatic rings. The number of carbonyl (C=O) groups excluding carboxylic acids is 2. The standard InChI is InChI=1S/C24H29N3O2/c1-24(2)21(18-9-5-3-6-10-18)27(23(24)29)17-26-15-13-20(14-16-26)25-22(28)19-11-7-4-8-12-19/h3-12,20-21H,13-17H2,1-2H3,(H,25,28). The van der Waals surface area contributed by atoms with Crippen LogP contribution in [0.15, 0.2) is 60.7 Å². The van der Waals surface area contributed by atoms with Crippen LogP contribution in [0.5, 0.6) is 0 Å². The molecule has 2 aliphatic heterocycles. The number of nitrogens with one attached hydrogen (secondary N) is 1. The average molecular weight is 392 g/mol. The summed E-state index contributed by atoms with van der Waals surface area (Å²) in [6, 6.07) is 20.0. The van der Waals surface area contributed by atoms with Gasteiger partial charge in [-0.25, -0.2) is 0 Å². The topological polar surface area (TPSA) is 52.7 Å². The molecule has 2 saturated heterocycles. The summed E-state index contributed by atoms with van der Waals surface area (Å²) in [5.74, 6) is 0.207. The first kappa shape index (κ1) is 19.6. The van der Waals surface area contributed by atoms with Gasteiger partial charge in [-0.1, -0.05) is 48.5 Å². The Morgan fingerprint density at radius 1 is 1.00 bits per heavy atom. The molecule has 1 unspecified atom stereocenters. The zero-order valence-corrected chi connectivity index (χ0v) is 17.2. The molecule has 0 aliphatic carbocycles. The van der Waals surface area contributed by atoms with Crippen molar-refractivity contribution in [2.75, 3.05) is 19.8 Å². The van der Waals surface area contributed by atoms with E-state index in [0.29, 0.717) is 12.2 Å². The van der Waals surface area contributed by atoms with E-state index in [0.717, 1.165) is 25.9 Å². The smallest absolute Gasteiger partial charge is 0.251 e. The first-order valence-electron chi connectivity index (χ1n) is 10.4. The van der Waals surface area contributed by atoms with E-state index in [2.05, 4.69) is 22.3 Å². The Morgan fingerprint density at radius 3 is 2.21 bits per heavy atom. The van der Waals surface area contributed by atoms with Crippen LogP contribution in [0.4, 0.5) is 0 Å². The molecule has 2 amide bonds. The summed E-state index contributed by atoms with van der Waals surface area (Å²) >= 11 is 0. The fraction of sp³-hybridized carbons (Fsp3) is 0.417. The van der Waals surface area contributed by atoms with Crippen molar-refractivity contribution in [2.24, 2.45) is 5.41 Å². The van der Waals surface area contributed by atoms with Gasteiger partial charge in [-0.3, -0.25) is 14.5 Å². The van der Waals surface area contributed by atoms with E-state index in [9.17, 15) is 9.59 Å². The predicted molar refractivity (Wildman–Crippen MR) is 113 cm³/mol. The van der Waals surface area contributed by atoms with Crippen LogP contribution in [-0.2, 0) is 4.79 Å². The quantitative estimate of drug-likeness (QED) is 0.795. The Labute approximate surface area is 172 Å². The van der Waals surface area contributed by atoms with E-state index in [-0.39, 0.29) is 29.3 Å². The van der Waals surface area contributed by atoms with Crippen LogP contribution >= 0.6 is 0 Å². The molecule has 0 aromatic heterocycles. The maximum absolute atomic E-state index is 12.7. The van der Waals surface area contributed by atoms with Crippen LogP contribution in [-0.4, -0.2) is 47.4 Å². The van der Waals surface area contributed by atoms with Gasteiger partial charge in [0.05, 0.1) is 18.1 Å². The summed E-state index contributed by atoms with van der Waals surface area (Å²) in [5.41, 5.74) is 1.54. The maximum Gasteiger partial charge on any atom is 0.251 e. The van der Waals surface area contributed by atoms with Gasteiger partial charge < -0.3 is 10.2 Å². The molecule has 1 atom stereocenters. The van der Waals surface area contributed by atoms with Crippen LogP contribution in [0.2, 0.25) is 0 Å². The van der Waals surface area contributed by atoms with Crippen molar-refractivity contribution in [3.8, 4) is 0 Å². The molecular weight excluding hydrogens is 362 g/mol. The highest BCUT2D eigenvalue weighted by Gasteiger charge is 2.54. The number of rotatable bonds is 5. The van der Waals surface area contributed by atoms with Gasteiger partial charge in [0.1, 0.15) is 0 Å². The van der Waals surface area contributed by atoms with Crippen LogP contribution in [0.3, 0.4) is 0 Å². The molecule has 2 aliphatic rings. The molecule has 2 aromatic carbocycles. The van der Waals surface area contributed by atoms with E-state index < -0.39 is 0 Å². The zero-order valence-electron chi connectivity index (χ0n) is 17.2. The molecule has 152 valence electrons. The normalized spacial score (nSPS) is 22.2. The zero-order chi connectivity index (χ0) is 20.4. The van der Waals surface area contributed by atoms with Gasteiger partial charge >= 0.3 is 0 Å². The minimum absolute atomic E-state index is 0.00661. The van der Waals surface area contributed by atoms with Gasteiger partial charge in [0.15, 0.2) is 0 Å². The number of likely N-dealkylation sites (tertiary alicyclic amines) is 2. The van der Waals surface area contributed by atoms with E-state index in [1.54, 1.807) is 0 Å². The van der Waals surface area contributed by atoms with Gasteiger partial charge in [-0.05, 0) is 44.4 Å². The van der Waals surface area contributed by atoms with Crippen molar-refractivity contribution >= 4 is 11.8 Å². The Kier molecular flexibility index (Phi) is 5.41. The number of benzene rings is 2. The minimum atomic E-state index is -0.358. The molecule has 5 nitrogen and oxygen atoms in total. The summed E-state index contributed by atoms with van der Waals surface area (Å²) in [6.45, 7) is 6.49. The number of β-lactam (4-membered cyclic amide) rings is 1. The Bertz CT molecular complexity index is 858. The van der Waals surface area contributed by atoms with Crippen LogP contribution in [0, 0.1) is 5.41 Å². The van der Waals surface area contributed by atoms with Gasteiger partial charge in [0.25, 0.3) is 5.91 Å². The highest BCUT2D eigenvalue weighted by molar-refractivity contribution is 5.94. The second kappa shape index (κ2) is 7.99. The molecule has 0 spiro atoms. The van der Waals surface area contributed by atoms with Gasteiger partial charge in [-0.2, -0.15) is 0 Å². The van der Waals surface area contributed by atoms with Crippen molar-refractivity contribution in [3.05, 3.63) is 71.8 Å². The van der Waals surface area contributed by atoms with Crippen LogP contribution in [0.25, 0.3) is 0 Å². The summed E-state index contributed by atoms with van der Waals surface area (Å²) < 4.78 is 0. The lowest BCUT2D eigenvalue weighted by Crippen LogP contribution is -2.63. The first-order chi connectivity index (χ1) is 14.0. The molecule has 5 heteroatoms. The molecule has 0 radical (unpaired) electrons. The third-order valence-electron chi connectivity index (χ3n) is 6.23. The summed E-state index contributed by atoms with van der Waals surface area (Å²) in [7, 11) is 0. The summed E-state index contributed by atoms with van der Waals surface area (Å²) in [6.07, 6.45) is 1.81. The SMILES string of the molecule is CC1(C)C(=O)N(CN2CCC(NC(=O)c3ccccc3)CC2)C1c1ccccc1. The van der Waals surface area contributed by atoms with Gasteiger partial charge in [0.2, 0.25) is 5.91 Å². The van der Waals surface area contributed by atoms with Crippen molar-refractivity contribution < 1.29 is 9.59 Å². The Hall–Kier alpha value is -2.66. The van der Waals surface area contributed by atoms with Gasteiger partial charge in [-0.15, -0.1) is 0 Å². The second-order valence-electron chi connectivity index (χ2n) is 8.68. The number of hydrogen-bond acceptors (Lipinski definition) is 3. The lowest BCUT2D eigenvalue weighted by atomic mass is 9.71. The molecule has 29 heavy (non-hydrogen) atoms. The van der Waals surface area contributed by atoms with E-state index in [1.165, 1.54) is 5.56 Å². The number of piperidine rings is 1. The molecule has 0 saturated carbocycles. The molecule has 0 bridgehead atoms. The van der Waals surface area contributed by atoms with Crippen molar-refractivity contribution in [2.45, 2.75) is 38.8 Å². The highest BCUT2D eigenvalue weighted by Crippen LogP contribution is 2.49. The second-order valence-corrected chi connectivity index (χ2v) is 8.68. The average Bonchev–Trinajstić information content (AvgIpc) is 2.75.